The van der Waals surface area contributed by atoms with Crippen LogP contribution in [0.25, 0.3) is 0 Å². The van der Waals surface area contributed by atoms with Crippen molar-refractivity contribution >= 4 is 11.7 Å². The highest BCUT2D eigenvalue weighted by Gasteiger charge is 2.22. The highest BCUT2D eigenvalue weighted by Crippen LogP contribution is 2.34. The fourth-order valence-electron chi connectivity index (χ4n) is 2.82. The van der Waals surface area contributed by atoms with Crippen LogP contribution in [-0.4, -0.2) is 30.8 Å². The third kappa shape index (κ3) is 2.66. The zero-order valence-electron chi connectivity index (χ0n) is 11.7. The fraction of sp³-hybridized carbons (Fsp3) is 0.533. The van der Waals surface area contributed by atoms with Crippen LogP contribution >= 0.6 is 0 Å². The SMILES string of the molecule is CN(C(=O)Nc1ccc2c(c1)OCO2)C1CCCCC1. The summed E-state index contributed by atoms with van der Waals surface area (Å²) >= 11 is 0. The van der Waals surface area contributed by atoms with E-state index in [-0.39, 0.29) is 12.8 Å². The molecule has 1 heterocycles. The molecule has 1 aromatic carbocycles. The lowest BCUT2D eigenvalue weighted by molar-refractivity contribution is 0.174. The summed E-state index contributed by atoms with van der Waals surface area (Å²) in [7, 11) is 1.87. The molecule has 20 heavy (non-hydrogen) atoms. The Morgan fingerprint density at radius 3 is 2.75 bits per heavy atom. The van der Waals surface area contributed by atoms with Gasteiger partial charge in [0.25, 0.3) is 0 Å². The lowest BCUT2D eigenvalue weighted by Crippen LogP contribution is -2.40. The fourth-order valence-corrected chi connectivity index (χ4v) is 2.82. The molecule has 1 aromatic rings. The molecule has 1 N–H and O–H groups in total. The second kappa shape index (κ2) is 5.61. The van der Waals surface area contributed by atoms with Crippen molar-refractivity contribution in [2.24, 2.45) is 0 Å². The van der Waals surface area contributed by atoms with Crippen LogP contribution in [0.4, 0.5) is 10.5 Å². The van der Waals surface area contributed by atoms with E-state index in [4.69, 9.17) is 9.47 Å². The van der Waals surface area contributed by atoms with Gasteiger partial charge in [0.05, 0.1) is 0 Å². The summed E-state index contributed by atoms with van der Waals surface area (Å²) in [6, 6.07) is 5.75. The standard InChI is InChI=1S/C15H20N2O3/c1-17(12-5-3-2-4-6-12)15(18)16-11-7-8-13-14(9-11)20-10-19-13/h7-9,12H,2-6,10H2,1H3,(H,16,18). The molecule has 1 aliphatic heterocycles. The molecular weight excluding hydrogens is 256 g/mol. The van der Waals surface area contributed by atoms with Crippen molar-refractivity contribution in [1.29, 1.82) is 0 Å². The quantitative estimate of drug-likeness (QED) is 0.902. The minimum absolute atomic E-state index is 0.0595. The molecule has 1 saturated carbocycles. The third-order valence-electron chi connectivity index (χ3n) is 4.07. The van der Waals surface area contributed by atoms with Gasteiger partial charge in [-0.3, -0.25) is 0 Å². The second-order valence-corrected chi connectivity index (χ2v) is 5.40. The highest BCUT2D eigenvalue weighted by molar-refractivity contribution is 5.89. The Balaban J connectivity index is 1.63. The van der Waals surface area contributed by atoms with Gasteiger partial charge in [-0.05, 0) is 25.0 Å². The normalized spacial score (nSPS) is 17.9. The van der Waals surface area contributed by atoms with E-state index in [2.05, 4.69) is 5.32 Å². The van der Waals surface area contributed by atoms with Crippen LogP contribution in [0.15, 0.2) is 18.2 Å². The number of amides is 2. The van der Waals surface area contributed by atoms with Gasteiger partial charge < -0.3 is 19.7 Å². The second-order valence-electron chi connectivity index (χ2n) is 5.40. The third-order valence-corrected chi connectivity index (χ3v) is 4.07. The number of rotatable bonds is 2. The maximum absolute atomic E-state index is 12.3. The number of ether oxygens (including phenoxy) is 2. The van der Waals surface area contributed by atoms with E-state index in [0.29, 0.717) is 11.8 Å². The van der Waals surface area contributed by atoms with Gasteiger partial charge in [0.1, 0.15) is 0 Å². The minimum Gasteiger partial charge on any atom is -0.454 e. The molecule has 2 amide bonds. The van der Waals surface area contributed by atoms with E-state index < -0.39 is 0 Å². The number of nitrogens with one attached hydrogen (secondary N) is 1. The van der Waals surface area contributed by atoms with E-state index in [1.54, 1.807) is 6.07 Å². The molecule has 0 radical (unpaired) electrons. The van der Waals surface area contributed by atoms with Gasteiger partial charge in [-0.2, -0.15) is 0 Å². The molecule has 0 aromatic heterocycles. The lowest BCUT2D eigenvalue weighted by atomic mass is 9.95. The Bertz CT molecular complexity index is 498. The number of nitrogens with zero attached hydrogens (tertiary/aromatic N) is 1. The number of benzene rings is 1. The molecule has 0 unspecified atom stereocenters. The van der Waals surface area contributed by atoms with Crippen molar-refractivity contribution in [2.45, 2.75) is 38.1 Å². The molecule has 3 rings (SSSR count). The Morgan fingerprint density at radius 2 is 1.95 bits per heavy atom. The average molecular weight is 276 g/mol. The molecular formula is C15H20N2O3. The predicted octanol–water partition coefficient (Wildman–Crippen LogP) is 3.21. The number of fused-ring (bicyclic) bond motifs is 1. The number of urea groups is 1. The minimum atomic E-state index is -0.0595. The number of anilines is 1. The van der Waals surface area contributed by atoms with Crippen LogP contribution < -0.4 is 14.8 Å². The molecule has 0 saturated heterocycles. The summed E-state index contributed by atoms with van der Waals surface area (Å²) in [4.78, 5) is 14.1. The number of hydrogen-bond donors (Lipinski definition) is 1. The van der Waals surface area contributed by atoms with Gasteiger partial charge in [0.15, 0.2) is 11.5 Å². The first-order valence-corrected chi connectivity index (χ1v) is 7.17. The Morgan fingerprint density at radius 1 is 1.20 bits per heavy atom. The van der Waals surface area contributed by atoms with E-state index in [0.717, 1.165) is 24.3 Å². The van der Waals surface area contributed by atoms with Crippen molar-refractivity contribution < 1.29 is 14.3 Å². The molecule has 0 spiro atoms. The summed E-state index contributed by atoms with van der Waals surface area (Å²) in [5.41, 5.74) is 0.738. The first-order chi connectivity index (χ1) is 9.74. The number of carbonyl (C=O) groups excluding carboxylic acids is 1. The molecule has 1 aliphatic carbocycles. The molecule has 5 nitrogen and oxygen atoms in total. The summed E-state index contributed by atoms with van der Waals surface area (Å²) in [5.74, 6) is 1.41. The molecule has 2 aliphatic rings. The Hall–Kier alpha value is -1.91. The zero-order chi connectivity index (χ0) is 13.9. The van der Waals surface area contributed by atoms with Crippen LogP contribution in [-0.2, 0) is 0 Å². The van der Waals surface area contributed by atoms with Gasteiger partial charge in [-0.1, -0.05) is 19.3 Å². The average Bonchev–Trinajstić information content (AvgIpc) is 2.95. The summed E-state index contributed by atoms with van der Waals surface area (Å²) in [5, 5.41) is 2.92. The monoisotopic (exact) mass is 276 g/mol. The van der Waals surface area contributed by atoms with E-state index >= 15 is 0 Å². The van der Waals surface area contributed by atoms with Gasteiger partial charge in [0.2, 0.25) is 6.79 Å². The van der Waals surface area contributed by atoms with Crippen LogP contribution in [0.1, 0.15) is 32.1 Å². The van der Waals surface area contributed by atoms with Crippen LogP contribution in [0.2, 0.25) is 0 Å². The molecule has 108 valence electrons. The van der Waals surface area contributed by atoms with Gasteiger partial charge in [-0.15, -0.1) is 0 Å². The van der Waals surface area contributed by atoms with Crippen LogP contribution in [0.5, 0.6) is 11.5 Å². The smallest absolute Gasteiger partial charge is 0.321 e. The lowest BCUT2D eigenvalue weighted by Gasteiger charge is -2.31. The van der Waals surface area contributed by atoms with E-state index in [1.807, 2.05) is 24.1 Å². The number of carbonyl (C=O) groups is 1. The molecule has 0 atom stereocenters. The van der Waals surface area contributed by atoms with Gasteiger partial charge in [0, 0.05) is 24.8 Å². The van der Waals surface area contributed by atoms with Crippen molar-refractivity contribution in [3.8, 4) is 11.5 Å². The first kappa shape index (κ1) is 13.1. The van der Waals surface area contributed by atoms with Crippen LogP contribution in [0, 0.1) is 0 Å². The maximum Gasteiger partial charge on any atom is 0.321 e. The van der Waals surface area contributed by atoms with Crippen molar-refractivity contribution in [2.75, 3.05) is 19.2 Å². The van der Waals surface area contributed by atoms with Gasteiger partial charge in [-0.25, -0.2) is 4.79 Å². The maximum atomic E-state index is 12.3. The molecule has 1 fully saturated rings. The highest BCUT2D eigenvalue weighted by atomic mass is 16.7. The summed E-state index contributed by atoms with van der Waals surface area (Å²) < 4.78 is 10.6. The van der Waals surface area contributed by atoms with Crippen molar-refractivity contribution in [3.63, 3.8) is 0 Å². The summed E-state index contributed by atoms with van der Waals surface area (Å²) in [6.45, 7) is 0.245. The van der Waals surface area contributed by atoms with E-state index in [1.165, 1.54) is 19.3 Å². The molecule has 5 heteroatoms. The van der Waals surface area contributed by atoms with Crippen LogP contribution in [0.3, 0.4) is 0 Å². The van der Waals surface area contributed by atoms with E-state index in [9.17, 15) is 4.79 Å². The molecule has 0 bridgehead atoms. The topological polar surface area (TPSA) is 50.8 Å². The zero-order valence-corrected chi connectivity index (χ0v) is 11.7. The first-order valence-electron chi connectivity index (χ1n) is 7.17. The van der Waals surface area contributed by atoms with Crippen molar-refractivity contribution in [1.82, 2.24) is 4.90 Å². The Kier molecular flexibility index (Phi) is 3.67. The number of hydrogen-bond acceptors (Lipinski definition) is 3. The summed E-state index contributed by atoms with van der Waals surface area (Å²) in [6.07, 6.45) is 5.92. The van der Waals surface area contributed by atoms with Crippen molar-refractivity contribution in [3.05, 3.63) is 18.2 Å². The Labute approximate surface area is 118 Å². The van der Waals surface area contributed by atoms with Gasteiger partial charge >= 0.3 is 6.03 Å². The largest absolute Gasteiger partial charge is 0.454 e. The predicted molar refractivity (Wildman–Crippen MR) is 76.2 cm³/mol.